The van der Waals surface area contributed by atoms with Crippen LogP contribution in [0.1, 0.15) is 60.5 Å². The summed E-state index contributed by atoms with van der Waals surface area (Å²) < 4.78 is 11.3. The number of anilines is 1. The molecule has 1 aliphatic heterocycles. The minimum Gasteiger partial charge on any atom is -0.507 e. The first kappa shape index (κ1) is 25.6. The van der Waals surface area contributed by atoms with Crippen molar-refractivity contribution in [3.8, 4) is 11.5 Å². The highest BCUT2D eigenvalue weighted by Crippen LogP contribution is 2.44. The van der Waals surface area contributed by atoms with Crippen LogP contribution in [0.25, 0.3) is 5.76 Å². The average molecular weight is 512 g/mol. The summed E-state index contributed by atoms with van der Waals surface area (Å²) in [4.78, 5) is 28.6. The van der Waals surface area contributed by atoms with Gasteiger partial charge in [0.25, 0.3) is 11.7 Å². The number of ketones is 1. The molecule has 1 fully saturated rings. The molecule has 5 rings (SSSR count). The van der Waals surface area contributed by atoms with Crippen LogP contribution in [0.4, 0.5) is 5.69 Å². The summed E-state index contributed by atoms with van der Waals surface area (Å²) in [6.45, 7) is 4.36. The lowest BCUT2D eigenvalue weighted by Crippen LogP contribution is -2.29. The Morgan fingerprint density at radius 2 is 1.66 bits per heavy atom. The molecule has 1 amide bonds. The van der Waals surface area contributed by atoms with E-state index in [2.05, 4.69) is 6.92 Å². The Morgan fingerprint density at radius 3 is 2.34 bits per heavy atom. The molecule has 3 aromatic rings. The molecule has 1 atom stereocenters. The Bertz CT molecular complexity index is 1410. The van der Waals surface area contributed by atoms with Gasteiger partial charge >= 0.3 is 0 Å². The molecule has 3 aromatic carbocycles. The number of carbonyl (C=O) groups excluding carboxylic acids is 2. The zero-order chi connectivity index (χ0) is 26.8. The van der Waals surface area contributed by atoms with E-state index >= 15 is 0 Å². The highest BCUT2D eigenvalue weighted by atomic mass is 16.5. The smallest absolute Gasteiger partial charge is 0.300 e. The first-order valence-electron chi connectivity index (χ1n) is 13.3. The highest BCUT2D eigenvalue weighted by Gasteiger charge is 2.47. The van der Waals surface area contributed by atoms with Gasteiger partial charge in [0.05, 0.1) is 25.3 Å². The normalized spacial score (nSPS) is 18.4. The fraction of sp³-hybridized carbons (Fsp3) is 0.312. The topological polar surface area (TPSA) is 76.1 Å². The number of benzene rings is 3. The number of hydrogen-bond acceptors (Lipinski definition) is 5. The number of aliphatic hydroxyl groups is 1. The lowest BCUT2D eigenvalue weighted by molar-refractivity contribution is -0.132. The van der Waals surface area contributed by atoms with Crippen LogP contribution >= 0.6 is 0 Å². The van der Waals surface area contributed by atoms with Crippen LogP contribution in [0.2, 0.25) is 0 Å². The van der Waals surface area contributed by atoms with E-state index in [0.717, 1.165) is 37.7 Å². The van der Waals surface area contributed by atoms with Crippen molar-refractivity contribution >= 4 is 23.1 Å². The molecule has 1 aliphatic carbocycles. The third-order valence-corrected chi connectivity index (χ3v) is 7.49. The molecule has 0 spiro atoms. The van der Waals surface area contributed by atoms with Crippen molar-refractivity contribution in [1.29, 1.82) is 0 Å². The van der Waals surface area contributed by atoms with Gasteiger partial charge in [-0.3, -0.25) is 14.5 Å². The van der Waals surface area contributed by atoms with E-state index in [1.807, 2.05) is 55.5 Å². The Balaban J connectivity index is 1.69. The zero-order valence-corrected chi connectivity index (χ0v) is 22.1. The van der Waals surface area contributed by atoms with Gasteiger partial charge in [0.1, 0.15) is 5.76 Å². The Hall–Kier alpha value is -4.06. The average Bonchev–Trinajstić information content (AvgIpc) is 3.22. The third kappa shape index (κ3) is 4.55. The second-order valence-corrected chi connectivity index (χ2v) is 9.72. The Morgan fingerprint density at radius 1 is 0.921 bits per heavy atom. The number of fused-ring (bicyclic) bond motifs is 1. The quantitative estimate of drug-likeness (QED) is 0.234. The van der Waals surface area contributed by atoms with Crippen LogP contribution in [0.3, 0.4) is 0 Å². The number of methoxy groups -OCH3 is 1. The second-order valence-electron chi connectivity index (χ2n) is 9.72. The maximum Gasteiger partial charge on any atom is 0.300 e. The van der Waals surface area contributed by atoms with Gasteiger partial charge in [-0.1, -0.05) is 37.3 Å². The second kappa shape index (κ2) is 10.7. The summed E-state index contributed by atoms with van der Waals surface area (Å²) in [6.07, 6.45) is 5.06. The lowest BCUT2D eigenvalue weighted by atomic mass is 9.88. The molecule has 0 bridgehead atoms. The van der Waals surface area contributed by atoms with E-state index in [1.165, 1.54) is 16.0 Å². The SMILES string of the molecule is CCOc1cc(C2/C(=C(\O)c3ccc4c(c3)CCCC4)C(=O)C(=O)N2c2ccc(CC)cc2)ccc1OC. The molecular weight excluding hydrogens is 478 g/mol. The number of nitrogens with zero attached hydrogens (tertiary/aromatic N) is 1. The van der Waals surface area contributed by atoms with E-state index in [4.69, 9.17) is 9.47 Å². The van der Waals surface area contributed by atoms with Crippen LogP contribution in [0, 0.1) is 0 Å². The summed E-state index contributed by atoms with van der Waals surface area (Å²) in [6, 6.07) is 18.0. The van der Waals surface area contributed by atoms with Gasteiger partial charge in [-0.15, -0.1) is 0 Å². The van der Waals surface area contributed by atoms with Crippen molar-refractivity contribution in [2.24, 2.45) is 0 Å². The number of aliphatic hydroxyl groups excluding tert-OH is 1. The molecule has 6 nitrogen and oxygen atoms in total. The number of Topliss-reactive ketones (excluding diaryl/α,β-unsaturated/α-hetero) is 1. The fourth-order valence-corrected chi connectivity index (χ4v) is 5.47. The van der Waals surface area contributed by atoms with Gasteiger partial charge in [0, 0.05) is 11.3 Å². The maximum absolute atomic E-state index is 13.6. The number of carbonyl (C=O) groups is 2. The molecule has 38 heavy (non-hydrogen) atoms. The van der Waals surface area contributed by atoms with E-state index in [9.17, 15) is 14.7 Å². The van der Waals surface area contributed by atoms with Gasteiger partial charge in [-0.2, -0.15) is 0 Å². The van der Waals surface area contributed by atoms with Gasteiger partial charge in [0.15, 0.2) is 11.5 Å². The van der Waals surface area contributed by atoms with Gasteiger partial charge in [0.2, 0.25) is 0 Å². The molecule has 0 aromatic heterocycles. The summed E-state index contributed by atoms with van der Waals surface area (Å²) in [5, 5.41) is 11.6. The monoisotopic (exact) mass is 511 g/mol. The number of hydrogen-bond donors (Lipinski definition) is 1. The van der Waals surface area contributed by atoms with Gasteiger partial charge < -0.3 is 14.6 Å². The van der Waals surface area contributed by atoms with E-state index < -0.39 is 17.7 Å². The molecule has 0 saturated carbocycles. The molecular formula is C32H33NO5. The van der Waals surface area contributed by atoms with Crippen LogP contribution in [0.15, 0.2) is 66.2 Å². The van der Waals surface area contributed by atoms with Crippen molar-refractivity contribution in [2.45, 2.75) is 52.0 Å². The van der Waals surface area contributed by atoms with Crippen molar-refractivity contribution in [3.63, 3.8) is 0 Å². The van der Waals surface area contributed by atoms with Crippen molar-refractivity contribution in [1.82, 2.24) is 0 Å². The molecule has 2 aliphatic rings. The van der Waals surface area contributed by atoms with E-state index in [1.54, 1.807) is 19.2 Å². The molecule has 6 heteroatoms. The summed E-state index contributed by atoms with van der Waals surface area (Å²) in [7, 11) is 1.56. The zero-order valence-electron chi connectivity index (χ0n) is 22.1. The third-order valence-electron chi connectivity index (χ3n) is 7.49. The predicted molar refractivity (Wildman–Crippen MR) is 148 cm³/mol. The van der Waals surface area contributed by atoms with Crippen LogP contribution in [0.5, 0.6) is 11.5 Å². The van der Waals surface area contributed by atoms with Crippen LogP contribution < -0.4 is 14.4 Å². The molecule has 1 saturated heterocycles. The molecule has 0 radical (unpaired) electrons. The number of ether oxygens (including phenoxy) is 2. The molecule has 196 valence electrons. The first-order chi connectivity index (χ1) is 18.5. The summed E-state index contributed by atoms with van der Waals surface area (Å²) >= 11 is 0. The van der Waals surface area contributed by atoms with Crippen molar-refractivity contribution in [2.75, 3.05) is 18.6 Å². The molecule has 1 N–H and O–H groups in total. The minimum absolute atomic E-state index is 0.0675. The summed E-state index contributed by atoms with van der Waals surface area (Å²) in [5.74, 6) is -0.489. The molecule has 1 heterocycles. The van der Waals surface area contributed by atoms with Crippen LogP contribution in [-0.2, 0) is 28.9 Å². The van der Waals surface area contributed by atoms with Crippen molar-refractivity contribution in [3.05, 3.63) is 94.1 Å². The Kier molecular flexibility index (Phi) is 7.23. The van der Waals surface area contributed by atoms with Crippen LogP contribution in [-0.4, -0.2) is 30.5 Å². The molecule has 1 unspecified atom stereocenters. The van der Waals surface area contributed by atoms with Gasteiger partial charge in [-0.25, -0.2) is 0 Å². The maximum atomic E-state index is 13.6. The highest BCUT2D eigenvalue weighted by molar-refractivity contribution is 6.51. The number of rotatable bonds is 7. The predicted octanol–water partition coefficient (Wildman–Crippen LogP) is 6.16. The minimum atomic E-state index is -0.830. The first-order valence-corrected chi connectivity index (χ1v) is 13.3. The standard InChI is InChI=1S/C32H33NO5/c1-4-20-10-15-25(16-11-20)33-29(23-14-17-26(37-3)27(19-23)38-5-2)28(31(35)32(33)36)30(34)24-13-12-21-8-6-7-9-22(21)18-24/h10-19,29,34H,4-9H2,1-3H3/b30-28+. The fourth-order valence-electron chi connectivity index (χ4n) is 5.47. The van der Waals surface area contributed by atoms with Gasteiger partial charge in [-0.05, 0) is 91.6 Å². The Labute approximate surface area is 223 Å². The number of amides is 1. The van der Waals surface area contributed by atoms with E-state index in [-0.39, 0.29) is 11.3 Å². The number of aryl methyl sites for hydroxylation is 3. The van der Waals surface area contributed by atoms with E-state index in [0.29, 0.717) is 34.9 Å². The van der Waals surface area contributed by atoms with Crippen molar-refractivity contribution < 1.29 is 24.2 Å². The lowest BCUT2D eigenvalue weighted by Gasteiger charge is -2.26. The largest absolute Gasteiger partial charge is 0.507 e. The summed E-state index contributed by atoms with van der Waals surface area (Å²) in [5.41, 5.74) is 5.44.